The predicted octanol–water partition coefficient (Wildman–Crippen LogP) is 2.86. The summed E-state index contributed by atoms with van der Waals surface area (Å²) in [6.07, 6.45) is 1.66. The summed E-state index contributed by atoms with van der Waals surface area (Å²) in [4.78, 5) is 11.6. The molecule has 0 aliphatic heterocycles. The Morgan fingerprint density at radius 2 is 2.29 bits per heavy atom. The highest BCUT2D eigenvalue weighted by atomic mass is 79.9. The van der Waals surface area contributed by atoms with Gasteiger partial charge in [0.1, 0.15) is 6.04 Å². The van der Waals surface area contributed by atoms with Gasteiger partial charge >= 0.3 is 0 Å². The minimum absolute atomic E-state index is 0.0402. The van der Waals surface area contributed by atoms with Crippen molar-refractivity contribution in [2.24, 2.45) is 0 Å². The first-order chi connectivity index (χ1) is 8.04. The van der Waals surface area contributed by atoms with Crippen molar-refractivity contribution in [2.45, 2.75) is 19.9 Å². The third-order valence-electron chi connectivity index (χ3n) is 2.37. The second-order valence-corrected chi connectivity index (χ2v) is 4.72. The van der Waals surface area contributed by atoms with Crippen molar-refractivity contribution in [3.63, 3.8) is 0 Å². The molecule has 1 atom stereocenters. The van der Waals surface area contributed by atoms with E-state index in [0.717, 1.165) is 10.2 Å². The van der Waals surface area contributed by atoms with E-state index in [1.807, 2.05) is 32.0 Å². The minimum atomic E-state index is -0.274. The number of halogens is 1. The van der Waals surface area contributed by atoms with Gasteiger partial charge < -0.3 is 10.6 Å². The van der Waals surface area contributed by atoms with Crippen molar-refractivity contribution in [3.05, 3.63) is 40.9 Å². The third kappa shape index (κ3) is 4.23. The van der Waals surface area contributed by atoms with Gasteiger partial charge in [0.2, 0.25) is 5.91 Å². The standard InChI is InChI=1S/C13H17BrN2O/c1-4-7-15-13(17)10(3)16-11-6-5-9(2)12(14)8-11/h4-6,8,10,16H,1,7H2,2-3H3,(H,15,17). The summed E-state index contributed by atoms with van der Waals surface area (Å²) in [6.45, 7) is 7.89. The van der Waals surface area contributed by atoms with Gasteiger partial charge in [-0.25, -0.2) is 0 Å². The van der Waals surface area contributed by atoms with Gasteiger partial charge in [0.25, 0.3) is 0 Å². The highest BCUT2D eigenvalue weighted by Crippen LogP contribution is 2.21. The number of rotatable bonds is 5. The highest BCUT2D eigenvalue weighted by Gasteiger charge is 2.11. The molecule has 0 saturated carbocycles. The van der Waals surface area contributed by atoms with Crippen molar-refractivity contribution < 1.29 is 4.79 Å². The third-order valence-corrected chi connectivity index (χ3v) is 3.22. The Bertz CT molecular complexity index is 418. The molecule has 0 aliphatic carbocycles. The zero-order chi connectivity index (χ0) is 12.8. The Kier molecular flexibility index (Phi) is 5.22. The van der Waals surface area contributed by atoms with Crippen molar-refractivity contribution in [1.82, 2.24) is 5.32 Å². The van der Waals surface area contributed by atoms with E-state index < -0.39 is 0 Å². The Morgan fingerprint density at radius 3 is 2.88 bits per heavy atom. The maximum absolute atomic E-state index is 11.6. The van der Waals surface area contributed by atoms with Crippen molar-refractivity contribution in [3.8, 4) is 0 Å². The Hall–Kier alpha value is -1.29. The van der Waals surface area contributed by atoms with Gasteiger partial charge in [0, 0.05) is 16.7 Å². The van der Waals surface area contributed by atoms with Gasteiger partial charge in [-0.05, 0) is 31.5 Å². The molecule has 1 unspecified atom stereocenters. The molecule has 0 saturated heterocycles. The molecule has 4 heteroatoms. The molecular weight excluding hydrogens is 280 g/mol. The number of amides is 1. The second-order valence-electron chi connectivity index (χ2n) is 3.86. The molecule has 0 bridgehead atoms. The number of carbonyl (C=O) groups excluding carboxylic acids is 1. The van der Waals surface area contributed by atoms with E-state index in [0.29, 0.717) is 6.54 Å². The van der Waals surface area contributed by atoms with Crippen LogP contribution in [0.4, 0.5) is 5.69 Å². The van der Waals surface area contributed by atoms with Crippen LogP contribution >= 0.6 is 15.9 Å². The molecule has 0 aromatic heterocycles. The lowest BCUT2D eigenvalue weighted by Gasteiger charge is -2.15. The van der Waals surface area contributed by atoms with Gasteiger partial charge in [0.15, 0.2) is 0 Å². The number of nitrogens with one attached hydrogen (secondary N) is 2. The quantitative estimate of drug-likeness (QED) is 0.821. The molecule has 1 aromatic rings. The summed E-state index contributed by atoms with van der Waals surface area (Å²) in [6, 6.07) is 5.65. The first kappa shape index (κ1) is 13.8. The van der Waals surface area contributed by atoms with Crippen LogP contribution in [0, 0.1) is 6.92 Å². The monoisotopic (exact) mass is 296 g/mol. The lowest BCUT2D eigenvalue weighted by Crippen LogP contribution is -2.37. The Labute approximate surface area is 110 Å². The Morgan fingerprint density at radius 1 is 1.59 bits per heavy atom. The largest absolute Gasteiger partial charge is 0.374 e. The van der Waals surface area contributed by atoms with Crippen LogP contribution in [0.3, 0.4) is 0 Å². The molecule has 17 heavy (non-hydrogen) atoms. The smallest absolute Gasteiger partial charge is 0.242 e. The second kappa shape index (κ2) is 6.45. The van der Waals surface area contributed by atoms with E-state index in [1.165, 1.54) is 5.56 Å². The summed E-state index contributed by atoms with van der Waals surface area (Å²) >= 11 is 3.46. The molecule has 92 valence electrons. The normalized spacial score (nSPS) is 11.7. The molecule has 0 aliphatic rings. The van der Waals surface area contributed by atoms with Crippen molar-refractivity contribution >= 4 is 27.5 Å². The van der Waals surface area contributed by atoms with Crippen LogP contribution in [0.1, 0.15) is 12.5 Å². The van der Waals surface area contributed by atoms with E-state index in [2.05, 4.69) is 33.1 Å². The van der Waals surface area contributed by atoms with Gasteiger partial charge in [0.05, 0.1) is 0 Å². The maximum atomic E-state index is 11.6. The Balaban J connectivity index is 2.61. The van der Waals surface area contributed by atoms with E-state index in [1.54, 1.807) is 6.08 Å². The van der Waals surface area contributed by atoms with Crippen LogP contribution in [0.25, 0.3) is 0 Å². The van der Waals surface area contributed by atoms with Crippen molar-refractivity contribution in [2.75, 3.05) is 11.9 Å². The van der Waals surface area contributed by atoms with Crippen LogP contribution in [0.15, 0.2) is 35.3 Å². The number of benzene rings is 1. The van der Waals surface area contributed by atoms with Crippen LogP contribution in [-0.4, -0.2) is 18.5 Å². The van der Waals surface area contributed by atoms with Crippen LogP contribution in [0.5, 0.6) is 0 Å². The lowest BCUT2D eigenvalue weighted by molar-refractivity contribution is -0.121. The van der Waals surface area contributed by atoms with E-state index in [4.69, 9.17) is 0 Å². The molecule has 0 heterocycles. The van der Waals surface area contributed by atoms with Gasteiger partial charge in [-0.15, -0.1) is 6.58 Å². The first-order valence-corrected chi connectivity index (χ1v) is 6.25. The number of carbonyl (C=O) groups is 1. The van der Waals surface area contributed by atoms with Crippen LogP contribution in [-0.2, 0) is 4.79 Å². The molecule has 1 aromatic carbocycles. The summed E-state index contributed by atoms with van der Waals surface area (Å²) in [7, 11) is 0. The molecule has 0 fully saturated rings. The first-order valence-electron chi connectivity index (χ1n) is 5.46. The summed E-state index contributed by atoms with van der Waals surface area (Å²) < 4.78 is 1.03. The summed E-state index contributed by atoms with van der Waals surface area (Å²) in [5, 5.41) is 5.89. The minimum Gasteiger partial charge on any atom is -0.374 e. The SMILES string of the molecule is C=CCNC(=O)C(C)Nc1ccc(C)c(Br)c1. The molecule has 1 rings (SSSR count). The van der Waals surface area contributed by atoms with E-state index in [-0.39, 0.29) is 11.9 Å². The summed E-state index contributed by atoms with van der Waals surface area (Å²) in [5.74, 6) is -0.0402. The molecular formula is C13H17BrN2O. The van der Waals surface area contributed by atoms with Crippen LogP contribution < -0.4 is 10.6 Å². The van der Waals surface area contributed by atoms with Crippen molar-refractivity contribution in [1.29, 1.82) is 0 Å². The molecule has 0 spiro atoms. The average molecular weight is 297 g/mol. The fourth-order valence-corrected chi connectivity index (χ4v) is 1.70. The van der Waals surface area contributed by atoms with E-state index in [9.17, 15) is 4.79 Å². The topological polar surface area (TPSA) is 41.1 Å². The molecule has 1 amide bonds. The average Bonchev–Trinajstić information content (AvgIpc) is 2.30. The highest BCUT2D eigenvalue weighted by molar-refractivity contribution is 9.10. The number of aryl methyl sites for hydroxylation is 1. The van der Waals surface area contributed by atoms with Gasteiger partial charge in [-0.2, -0.15) is 0 Å². The van der Waals surface area contributed by atoms with Crippen LogP contribution in [0.2, 0.25) is 0 Å². The van der Waals surface area contributed by atoms with E-state index >= 15 is 0 Å². The fourth-order valence-electron chi connectivity index (χ4n) is 1.32. The lowest BCUT2D eigenvalue weighted by atomic mass is 10.2. The zero-order valence-corrected chi connectivity index (χ0v) is 11.7. The number of hydrogen-bond donors (Lipinski definition) is 2. The summed E-state index contributed by atoms with van der Waals surface area (Å²) in [5.41, 5.74) is 2.09. The zero-order valence-electron chi connectivity index (χ0n) is 10.1. The molecule has 2 N–H and O–H groups in total. The molecule has 0 radical (unpaired) electrons. The predicted molar refractivity (Wildman–Crippen MR) is 75.2 cm³/mol. The van der Waals surface area contributed by atoms with Gasteiger partial charge in [-0.3, -0.25) is 4.79 Å². The number of hydrogen-bond acceptors (Lipinski definition) is 2. The molecule has 3 nitrogen and oxygen atoms in total. The maximum Gasteiger partial charge on any atom is 0.242 e. The van der Waals surface area contributed by atoms with Gasteiger partial charge in [-0.1, -0.05) is 28.1 Å². The number of anilines is 1. The fraction of sp³-hybridized carbons (Fsp3) is 0.308.